The van der Waals surface area contributed by atoms with Gasteiger partial charge in [0.25, 0.3) is 0 Å². The Kier molecular flexibility index (Phi) is 4.29. The fraction of sp³-hybridized carbons (Fsp3) is 0.545. The second kappa shape index (κ2) is 5.94. The third-order valence-corrected chi connectivity index (χ3v) is 3.47. The molecule has 2 rings (SSSR count). The summed E-state index contributed by atoms with van der Waals surface area (Å²) in [7, 11) is 0. The van der Waals surface area contributed by atoms with Crippen LogP contribution in [0.3, 0.4) is 0 Å². The van der Waals surface area contributed by atoms with Gasteiger partial charge in [-0.15, -0.1) is 0 Å². The van der Waals surface area contributed by atoms with E-state index >= 15 is 0 Å². The maximum absolute atomic E-state index is 8.63. The average Bonchev–Trinajstić information content (AvgIpc) is 2.35. The van der Waals surface area contributed by atoms with E-state index in [1.165, 1.54) is 6.33 Å². The van der Waals surface area contributed by atoms with E-state index in [-0.39, 0.29) is 0 Å². The molecule has 1 saturated heterocycles. The molecule has 0 amide bonds. The molecule has 5 nitrogen and oxygen atoms in total. The number of anilines is 1. The van der Waals surface area contributed by atoms with Gasteiger partial charge in [-0.3, -0.25) is 4.90 Å². The molecule has 0 aliphatic carbocycles. The van der Waals surface area contributed by atoms with E-state index in [0.29, 0.717) is 12.6 Å². The number of nitrogens with zero attached hydrogens (tertiary/aromatic N) is 4. The summed E-state index contributed by atoms with van der Waals surface area (Å²) in [6.07, 6.45) is 5.36. The summed E-state index contributed by atoms with van der Waals surface area (Å²) in [5, 5.41) is 12.0. The molecule has 1 N–H and O–H groups in total. The molecular formula is C11H14BrN5. The van der Waals surface area contributed by atoms with Crippen LogP contribution in [0.4, 0.5) is 5.82 Å². The van der Waals surface area contributed by atoms with Gasteiger partial charge in [-0.1, -0.05) is 0 Å². The molecule has 0 saturated carbocycles. The summed E-state index contributed by atoms with van der Waals surface area (Å²) >= 11 is 3.42. The molecule has 0 bridgehead atoms. The van der Waals surface area contributed by atoms with E-state index in [1.54, 1.807) is 6.20 Å². The average molecular weight is 296 g/mol. The van der Waals surface area contributed by atoms with Crippen molar-refractivity contribution in [3.8, 4) is 6.07 Å². The standard InChI is InChI=1S/C11H14BrN5/c12-10-7-14-8-15-11(10)16-9-1-4-17(5-2-9)6-3-13/h7-9H,1-2,4-6H2,(H,14,15,16). The van der Waals surface area contributed by atoms with Crippen molar-refractivity contribution in [1.29, 1.82) is 5.26 Å². The molecule has 1 aromatic rings. The lowest BCUT2D eigenvalue weighted by atomic mass is 10.1. The van der Waals surface area contributed by atoms with Gasteiger partial charge in [0, 0.05) is 25.3 Å². The van der Waals surface area contributed by atoms with Gasteiger partial charge >= 0.3 is 0 Å². The summed E-state index contributed by atoms with van der Waals surface area (Å²) < 4.78 is 0.888. The fourth-order valence-corrected chi connectivity index (χ4v) is 2.28. The summed E-state index contributed by atoms with van der Waals surface area (Å²) in [4.78, 5) is 10.3. The summed E-state index contributed by atoms with van der Waals surface area (Å²) in [6.45, 7) is 2.46. The van der Waals surface area contributed by atoms with Crippen LogP contribution in [0.2, 0.25) is 0 Å². The molecule has 1 fully saturated rings. The van der Waals surface area contributed by atoms with E-state index in [9.17, 15) is 0 Å². The number of likely N-dealkylation sites (tertiary alicyclic amines) is 1. The molecule has 0 radical (unpaired) electrons. The Bertz CT molecular complexity index is 409. The van der Waals surface area contributed by atoms with Crippen LogP contribution in [-0.4, -0.2) is 40.5 Å². The molecular weight excluding hydrogens is 282 g/mol. The maximum Gasteiger partial charge on any atom is 0.143 e. The highest BCUT2D eigenvalue weighted by Gasteiger charge is 2.19. The molecule has 0 atom stereocenters. The van der Waals surface area contributed by atoms with Crippen LogP contribution < -0.4 is 5.32 Å². The summed E-state index contributed by atoms with van der Waals surface area (Å²) in [5.74, 6) is 0.846. The maximum atomic E-state index is 8.63. The van der Waals surface area contributed by atoms with Crippen molar-refractivity contribution in [1.82, 2.24) is 14.9 Å². The van der Waals surface area contributed by atoms with Crippen LogP contribution in [0.1, 0.15) is 12.8 Å². The van der Waals surface area contributed by atoms with Gasteiger partial charge in [0.2, 0.25) is 0 Å². The van der Waals surface area contributed by atoms with Gasteiger partial charge in [0.15, 0.2) is 0 Å². The van der Waals surface area contributed by atoms with Crippen molar-refractivity contribution in [3.05, 3.63) is 17.0 Å². The number of aromatic nitrogens is 2. The van der Waals surface area contributed by atoms with E-state index < -0.39 is 0 Å². The zero-order chi connectivity index (χ0) is 12.1. The van der Waals surface area contributed by atoms with Crippen molar-refractivity contribution in [2.45, 2.75) is 18.9 Å². The van der Waals surface area contributed by atoms with Gasteiger partial charge in [-0.05, 0) is 28.8 Å². The molecule has 17 heavy (non-hydrogen) atoms. The number of nitrogens with one attached hydrogen (secondary N) is 1. The number of nitriles is 1. The Balaban J connectivity index is 1.86. The van der Waals surface area contributed by atoms with Crippen LogP contribution in [0, 0.1) is 11.3 Å². The number of piperidine rings is 1. The highest BCUT2D eigenvalue weighted by Crippen LogP contribution is 2.21. The number of rotatable bonds is 3. The minimum atomic E-state index is 0.427. The number of hydrogen-bond donors (Lipinski definition) is 1. The lowest BCUT2D eigenvalue weighted by Gasteiger charge is -2.31. The van der Waals surface area contributed by atoms with E-state index in [4.69, 9.17) is 5.26 Å². The van der Waals surface area contributed by atoms with Crippen molar-refractivity contribution in [2.75, 3.05) is 25.0 Å². The minimum absolute atomic E-state index is 0.427. The van der Waals surface area contributed by atoms with Crippen molar-refractivity contribution >= 4 is 21.7 Å². The van der Waals surface area contributed by atoms with Crippen LogP contribution >= 0.6 is 15.9 Å². The summed E-state index contributed by atoms with van der Waals surface area (Å²) in [5.41, 5.74) is 0. The number of hydrogen-bond acceptors (Lipinski definition) is 5. The first-order valence-electron chi connectivity index (χ1n) is 5.61. The molecule has 0 unspecified atom stereocenters. The zero-order valence-corrected chi connectivity index (χ0v) is 11.0. The quantitative estimate of drug-likeness (QED) is 0.859. The third kappa shape index (κ3) is 3.38. The second-order valence-corrected chi connectivity index (χ2v) is 4.93. The number of halogens is 1. The third-order valence-electron chi connectivity index (χ3n) is 2.89. The van der Waals surface area contributed by atoms with Crippen LogP contribution in [0.5, 0.6) is 0 Å². The molecule has 2 heterocycles. The van der Waals surface area contributed by atoms with E-state index in [1.807, 2.05) is 0 Å². The molecule has 1 aliphatic rings. The monoisotopic (exact) mass is 295 g/mol. The Morgan fingerprint density at radius 2 is 2.29 bits per heavy atom. The van der Waals surface area contributed by atoms with Gasteiger partial charge in [-0.2, -0.15) is 5.26 Å². The van der Waals surface area contributed by atoms with Gasteiger partial charge in [0.1, 0.15) is 12.1 Å². The molecule has 0 spiro atoms. The minimum Gasteiger partial charge on any atom is -0.366 e. The predicted octanol–water partition coefficient (Wildman–Crippen LogP) is 1.64. The lowest BCUT2D eigenvalue weighted by Crippen LogP contribution is -2.39. The lowest BCUT2D eigenvalue weighted by molar-refractivity contribution is 0.242. The first-order chi connectivity index (χ1) is 8.29. The SMILES string of the molecule is N#CCN1CCC(Nc2ncncc2Br)CC1. The zero-order valence-electron chi connectivity index (χ0n) is 9.43. The fourth-order valence-electron chi connectivity index (χ4n) is 1.95. The predicted molar refractivity (Wildman–Crippen MR) is 68.4 cm³/mol. The van der Waals surface area contributed by atoms with E-state index in [2.05, 4.69) is 42.2 Å². The van der Waals surface area contributed by atoms with Crippen LogP contribution in [0.25, 0.3) is 0 Å². The molecule has 1 aliphatic heterocycles. The molecule has 90 valence electrons. The van der Waals surface area contributed by atoms with Crippen molar-refractivity contribution in [3.63, 3.8) is 0 Å². The van der Waals surface area contributed by atoms with Gasteiger partial charge < -0.3 is 5.32 Å². The highest BCUT2D eigenvalue weighted by atomic mass is 79.9. The first-order valence-corrected chi connectivity index (χ1v) is 6.40. The van der Waals surface area contributed by atoms with Crippen LogP contribution in [0.15, 0.2) is 17.0 Å². The largest absolute Gasteiger partial charge is 0.366 e. The van der Waals surface area contributed by atoms with E-state index in [0.717, 1.165) is 36.2 Å². The van der Waals surface area contributed by atoms with Gasteiger partial charge in [0.05, 0.1) is 17.1 Å². The first kappa shape index (κ1) is 12.3. The Morgan fingerprint density at radius 3 is 2.94 bits per heavy atom. The van der Waals surface area contributed by atoms with Crippen molar-refractivity contribution < 1.29 is 0 Å². The smallest absolute Gasteiger partial charge is 0.143 e. The molecule has 6 heteroatoms. The molecule has 0 aromatic carbocycles. The van der Waals surface area contributed by atoms with Crippen LogP contribution in [-0.2, 0) is 0 Å². The van der Waals surface area contributed by atoms with Crippen molar-refractivity contribution in [2.24, 2.45) is 0 Å². The van der Waals surface area contributed by atoms with Gasteiger partial charge in [-0.25, -0.2) is 9.97 Å². The Hall–Kier alpha value is -1.19. The summed E-state index contributed by atoms with van der Waals surface area (Å²) in [6, 6.07) is 2.62. The molecule has 1 aromatic heterocycles. The highest BCUT2D eigenvalue weighted by molar-refractivity contribution is 9.10. The second-order valence-electron chi connectivity index (χ2n) is 4.07. The Morgan fingerprint density at radius 1 is 1.53 bits per heavy atom. The topological polar surface area (TPSA) is 64.8 Å². The normalized spacial score (nSPS) is 17.6. The Labute approximate surface area is 109 Å².